The van der Waals surface area contributed by atoms with Crippen LogP contribution >= 0.6 is 0 Å². The Morgan fingerprint density at radius 3 is 2.79 bits per heavy atom. The van der Waals surface area contributed by atoms with Crippen LogP contribution in [0.4, 0.5) is 11.8 Å². The number of aromatic nitrogens is 4. The smallest absolute Gasteiger partial charge is 0.224 e. The van der Waals surface area contributed by atoms with Crippen LogP contribution in [-0.2, 0) is 6.42 Å². The lowest BCUT2D eigenvalue weighted by atomic mass is 9.97. The van der Waals surface area contributed by atoms with Gasteiger partial charge in [-0.15, -0.1) is 0 Å². The van der Waals surface area contributed by atoms with Crippen molar-refractivity contribution in [2.24, 2.45) is 0 Å². The van der Waals surface area contributed by atoms with Gasteiger partial charge >= 0.3 is 0 Å². The first kappa shape index (κ1) is 18.7. The zero-order valence-electron chi connectivity index (χ0n) is 16.3. The molecule has 0 spiro atoms. The summed E-state index contributed by atoms with van der Waals surface area (Å²) in [6.45, 7) is 9.76. The molecule has 1 aliphatic rings. The molecule has 4 rings (SSSR count). The fraction of sp³-hybridized carbons (Fsp3) is 0.227. The monoisotopic (exact) mass is 387 g/mol. The molecule has 0 amide bonds. The Morgan fingerprint density at radius 2 is 2.03 bits per heavy atom. The lowest BCUT2D eigenvalue weighted by molar-refractivity contribution is 0.317. The zero-order chi connectivity index (χ0) is 20.2. The van der Waals surface area contributed by atoms with Gasteiger partial charge in [-0.1, -0.05) is 49.6 Å². The van der Waals surface area contributed by atoms with E-state index in [4.69, 9.17) is 5.73 Å². The number of nitrogen functional groups attached to an aromatic ring is 1. The van der Waals surface area contributed by atoms with Gasteiger partial charge in [-0.3, -0.25) is 5.10 Å². The number of allylic oxidation sites excluding steroid dienone is 2. The molecule has 1 unspecified atom stereocenters. The van der Waals surface area contributed by atoms with Crippen molar-refractivity contribution in [1.82, 2.24) is 25.1 Å². The molecule has 3 aromatic rings. The second-order valence-corrected chi connectivity index (χ2v) is 7.11. The average Bonchev–Trinajstić information content (AvgIpc) is 3.21. The summed E-state index contributed by atoms with van der Waals surface area (Å²) in [7, 11) is 0. The van der Waals surface area contributed by atoms with Crippen LogP contribution in [0.2, 0.25) is 0 Å². The van der Waals surface area contributed by atoms with Crippen LogP contribution in [0, 0.1) is 0 Å². The van der Waals surface area contributed by atoms with E-state index in [2.05, 4.69) is 67.8 Å². The van der Waals surface area contributed by atoms with Crippen LogP contribution in [0.5, 0.6) is 0 Å². The van der Waals surface area contributed by atoms with Gasteiger partial charge in [0.1, 0.15) is 5.82 Å². The molecule has 148 valence electrons. The number of nitrogens with zero attached hydrogens (tertiary/aromatic N) is 4. The van der Waals surface area contributed by atoms with Crippen molar-refractivity contribution in [2.45, 2.75) is 18.9 Å². The molecule has 0 aliphatic carbocycles. The number of fused-ring (bicyclic) bond motifs is 1. The molecule has 3 heterocycles. The lowest BCUT2D eigenvalue weighted by Gasteiger charge is -2.37. The van der Waals surface area contributed by atoms with Gasteiger partial charge in [0, 0.05) is 24.8 Å². The summed E-state index contributed by atoms with van der Waals surface area (Å²) in [5.41, 5.74) is 10.1. The second-order valence-electron chi connectivity index (χ2n) is 7.11. The maximum Gasteiger partial charge on any atom is 0.224 e. The second kappa shape index (κ2) is 8.18. The Balaban J connectivity index is 1.57. The molecule has 1 aliphatic heterocycles. The van der Waals surface area contributed by atoms with E-state index in [0.29, 0.717) is 11.5 Å². The van der Waals surface area contributed by atoms with E-state index in [9.17, 15) is 0 Å². The van der Waals surface area contributed by atoms with Crippen LogP contribution in [-0.4, -0.2) is 44.2 Å². The molecular weight excluding hydrogens is 362 g/mol. The zero-order valence-corrected chi connectivity index (χ0v) is 16.3. The highest BCUT2D eigenvalue weighted by atomic mass is 15.2. The van der Waals surface area contributed by atoms with Crippen molar-refractivity contribution < 1.29 is 0 Å². The quantitative estimate of drug-likeness (QED) is 0.576. The molecule has 0 saturated heterocycles. The van der Waals surface area contributed by atoms with E-state index in [1.165, 1.54) is 11.1 Å². The number of aromatic amines is 1. The number of anilines is 2. The van der Waals surface area contributed by atoms with Crippen molar-refractivity contribution in [3.63, 3.8) is 0 Å². The van der Waals surface area contributed by atoms with Gasteiger partial charge in [-0.25, -0.2) is 0 Å². The molecule has 4 N–H and O–H groups in total. The Kier molecular flexibility index (Phi) is 5.29. The largest absolute Gasteiger partial charge is 0.369 e. The first-order chi connectivity index (χ1) is 14.2. The Bertz CT molecular complexity index is 1050. The SMILES string of the molecule is C=CC1=C(C=C)N(CCc2ccccc2)CC(Nc2nc(N)nc3[nH]ncc23)C1. The third-order valence-electron chi connectivity index (χ3n) is 5.20. The van der Waals surface area contributed by atoms with Gasteiger partial charge in [0.25, 0.3) is 0 Å². The van der Waals surface area contributed by atoms with E-state index in [-0.39, 0.29) is 12.0 Å². The fourth-order valence-corrected chi connectivity index (χ4v) is 3.82. The van der Waals surface area contributed by atoms with Crippen LogP contribution in [0.15, 0.2) is 73.1 Å². The summed E-state index contributed by atoms with van der Waals surface area (Å²) in [4.78, 5) is 10.9. The highest BCUT2D eigenvalue weighted by molar-refractivity contribution is 5.86. The number of H-pyrrole nitrogens is 1. The van der Waals surface area contributed by atoms with Crippen molar-refractivity contribution in [3.8, 4) is 0 Å². The minimum Gasteiger partial charge on any atom is -0.369 e. The van der Waals surface area contributed by atoms with Gasteiger partial charge in [0.15, 0.2) is 5.65 Å². The van der Waals surface area contributed by atoms with Crippen molar-refractivity contribution in [3.05, 3.63) is 78.7 Å². The molecule has 0 fully saturated rings. The molecule has 0 saturated carbocycles. The van der Waals surface area contributed by atoms with Gasteiger partial charge in [-0.05, 0) is 30.1 Å². The minimum atomic E-state index is 0.148. The number of hydrogen-bond donors (Lipinski definition) is 3. The molecule has 7 heteroatoms. The van der Waals surface area contributed by atoms with Crippen LogP contribution < -0.4 is 11.1 Å². The maximum absolute atomic E-state index is 5.87. The first-order valence-corrected chi connectivity index (χ1v) is 9.68. The molecule has 1 aromatic carbocycles. The number of nitrogens with one attached hydrogen (secondary N) is 2. The normalized spacial score (nSPS) is 16.8. The number of rotatable bonds is 7. The molecule has 1 atom stereocenters. The summed E-state index contributed by atoms with van der Waals surface area (Å²) in [5, 5.41) is 11.3. The van der Waals surface area contributed by atoms with Crippen molar-refractivity contribution in [2.75, 3.05) is 24.1 Å². The average molecular weight is 387 g/mol. The number of nitrogens with two attached hydrogens (primary N) is 1. The van der Waals surface area contributed by atoms with Crippen LogP contribution in [0.3, 0.4) is 0 Å². The topological polar surface area (TPSA) is 95.7 Å². The summed E-state index contributed by atoms with van der Waals surface area (Å²) in [5.74, 6) is 0.909. The van der Waals surface area contributed by atoms with Gasteiger partial charge in [0.05, 0.1) is 11.6 Å². The van der Waals surface area contributed by atoms with Crippen LogP contribution in [0.1, 0.15) is 12.0 Å². The van der Waals surface area contributed by atoms with Gasteiger partial charge < -0.3 is 16.0 Å². The van der Waals surface area contributed by atoms with Crippen molar-refractivity contribution in [1.29, 1.82) is 0 Å². The van der Waals surface area contributed by atoms with Crippen LogP contribution in [0.25, 0.3) is 11.0 Å². The predicted octanol–water partition coefficient (Wildman–Crippen LogP) is 3.29. The van der Waals surface area contributed by atoms with Crippen molar-refractivity contribution >= 4 is 22.8 Å². The van der Waals surface area contributed by atoms with E-state index < -0.39 is 0 Å². The molecule has 2 aromatic heterocycles. The summed E-state index contributed by atoms with van der Waals surface area (Å²) in [6, 6.07) is 10.7. The van der Waals surface area contributed by atoms with E-state index in [0.717, 1.165) is 37.0 Å². The first-order valence-electron chi connectivity index (χ1n) is 9.68. The standard InChI is InChI=1S/C22H25N7/c1-3-16-12-17(25-20-18-13-24-28-21(18)27-22(23)26-20)14-29(19(16)4-2)11-10-15-8-6-5-7-9-15/h3-9,13,17H,1-2,10-12,14H2,(H4,23,24,25,26,27,28). The molecule has 7 nitrogen and oxygen atoms in total. The molecule has 29 heavy (non-hydrogen) atoms. The lowest BCUT2D eigenvalue weighted by Crippen LogP contribution is -2.41. The fourth-order valence-electron chi connectivity index (χ4n) is 3.82. The minimum absolute atomic E-state index is 0.148. The summed E-state index contributed by atoms with van der Waals surface area (Å²) >= 11 is 0. The van der Waals surface area contributed by atoms with E-state index in [1.807, 2.05) is 18.2 Å². The Hall–Kier alpha value is -3.61. The van der Waals surface area contributed by atoms with Gasteiger partial charge in [0.2, 0.25) is 5.95 Å². The highest BCUT2D eigenvalue weighted by Gasteiger charge is 2.25. The third-order valence-corrected chi connectivity index (χ3v) is 5.20. The van der Waals surface area contributed by atoms with E-state index >= 15 is 0 Å². The molecule has 0 bridgehead atoms. The summed E-state index contributed by atoms with van der Waals surface area (Å²) in [6.07, 6.45) is 7.35. The molecular formula is C22H25N7. The maximum atomic E-state index is 5.87. The predicted molar refractivity (Wildman–Crippen MR) is 117 cm³/mol. The Labute approximate surface area is 170 Å². The van der Waals surface area contributed by atoms with Gasteiger partial charge in [-0.2, -0.15) is 15.1 Å². The number of benzene rings is 1. The third kappa shape index (κ3) is 3.99. The Morgan fingerprint density at radius 1 is 1.21 bits per heavy atom. The number of hydrogen-bond acceptors (Lipinski definition) is 6. The van der Waals surface area contributed by atoms with E-state index in [1.54, 1.807) is 6.20 Å². The highest BCUT2D eigenvalue weighted by Crippen LogP contribution is 2.28. The molecule has 0 radical (unpaired) electrons. The summed E-state index contributed by atoms with van der Waals surface area (Å²) < 4.78 is 0.